The second kappa shape index (κ2) is 5.19. The molecule has 0 spiro atoms. The second-order valence-corrected chi connectivity index (χ2v) is 4.38. The van der Waals surface area contributed by atoms with Crippen molar-refractivity contribution >= 4 is 17.3 Å². The van der Waals surface area contributed by atoms with E-state index in [1.54, 1.807) is 11.9 Å². The van der Waals surface area contributed by atoms with E-state index in [9.17, 15) is 4.79 Å². The van der Waals surface area contributed by atoms with Gasteiger partial charge in [0.1, 0.15) is 0 Å². The Morgan fingerprint density at radius 3 is 2.76 bits per heavy atom. The topological polar surface area (TPSA) is 55.6 Å². The van der Waals surface area contributed by atoms with Crippen LogP contribution >= 0.6 is 0 Å². The van der Waals surface area contributed by atoms with Gasteiger partial charge >= 0.3 is 0 Å². The summed E-state index contributed by atoms with van der Waals surface area (Å²) < 4.78 is 5.26. The molecular formula is C13H18N2O2. The lowest BCUT2D eigenvalue weighted by atomic mass is 9.98. The monoisotopic (exact) mass is 234 g/mol. The molecule has 2 rings (SSSR count). The van der Waals surface area contributed by atoms with E-state index in [1.807, 2.05) is 24.3 Å². The number of nitrogen functional groups attached to an aromatic ring is 1. The van der Waals surface area contributed by atoms with Gasteiger partial charge < -0.3 is 15.4 Å². The van der Waals surface area contributed by atoms with E-state index in [2.05, 4.69) is 0 Å². The molecule has 0 aliphatic carbocycles. The summed E-state index contributed by atoms with van der Waals surface area (Å²) in [5, 5.41) is 0. The number of carbonyl (C=O) groups is 1. The lowest BCUT2D eigenvalue weighted by molar-refractivity contribution is -0.124. The minimum Gasteiger partial charge on any atom is -0.399 e. The van der Waals surface area contributed by atoms with Crippen molar-refractivity contribution < 1.29 is 9.53 Å². The molecule has 92 valence electrons. The zero-order valence-corrected chi connectivity index (χ0v) is 10.1. The molecule has 0 bridgehead atoms. The number of rotatable bonds is 2. The smallest absolute Gasteiger partial charge is 0.230 e. The molecule has 1 aliphatic heterocycles. The van der Waals surface area contributed by atoms with Gasteiger partial charge in [0.05, 0.1) is 0 Å². The lowest BCUT2D eigenvalue weighted by Gasteiger charge is -2.26. The maximum absolute atomic E-state index is 12.2. The second-order valence-electron chi connectivity index (χ2n) is 4.38. The third kappa shape index (κ3) is 2.77. The Balaban J connectivity index is 2.08. The van der Waals surface area contributed by atoms with Gasteiger partial charge in [-0.1, -0.05) is 6.07 Å². The summed E-state index contributed by atoms with van der Waals surface area (Å²) in [6.45, 7) is 1.36. The zero-order chi connectivity index (χ0) is 12.3. The Hall–Kier alpha value is -1.55. The number of benzene rings is 1. The molecule has 1 fully saturated rings. The Kier molecular flexibility index (Phi) is 3.64. The predicted octanol–water partition coefficient (Wildman–Crippen LogP) is 1.66. The fraction of sp³-hybridized carbons (Fsp3) is 0.462. The van der Waals surface area contributed by atoms with Crippen LogP contribution < -0.4 is 10.6 Å². The van der Waals surface area contributed by atoms with Crippen LogP contribution in [0.25, 0.3) is 0 Å². The molecule has 1 aromatic carbocycles. The lowest BCUT2D eigenvalue weighted by Crippen LogP contribution is -2.35. The first-order chi connectivity index (χ1) is 8.18. The molecule has 0 saturated carbocycles. The van der Waals surface area contributed by atoms with Crippen molar-refractivity contribution in [3.63, 3.8) is 0 Å². The van der Waals surface area contributed by atoms with E-state index in [1.165, 1.54) is 0 Å². The summed E-state index contributed by atoms with van der Waals surface area (Å²) in [6, 6.07) is 7.39. The van der Waals surface area contributed by atoms with Gasteiger partial charge in [-0.15, -0.1) is 0 Å². The highest BCUT2D eigenvalue weighted by molar-refractivity contribution is 5.94. The molecule has 2 N–H and O–H groups in total. The first-order valence-corrected chi connectivity index (χ1v) is 5.89. The van der Waals surface area contributed by atoms with Crippen molar-refractivity contribution in [2.45, 2.75) is 12.8 Å². The number of hydrogen-bond donors (Lipinski definition) is 1. The molecular weight excluding hydrogens is 216 g/mol. The number of ether oxygens (including phenoxy) is 1. The highest BCUT2D eigenvalue weighted by Gasteiger charge is 2.25. The van der Waals surface area contributed by atoms with Crippen LogP contribution in [0.5, 0.6) is 0 Å². The third-order valence-corrected chi connectivity index (χ3v) is 3.16. The summed E-state index contributed by atoms with van der Waals surface area (Å²) in [5.74, 6) is 0.231. The van der Waals surface area contributed by atoms with Crippen molar-refractivity contribution in [2.24, 2.45) is 5.92 Å². The number of amides is 1. The van der Waals surface area contributed by atoms with Crippen LogP contribution in [-0.2, 0) is 9.53 Å². The molecule has 1 saturated heterocycles. The van der Waals surface area contributed by atoms with Crippen molar-refractivity contribution in [1.82, 2.24) is 0 Å². The van der Waals surface area contributed by atoms with Gasteiger partial charge in [-0.05, 0) is 31.0 Å². The highest BCUT2D eigenvalue weighted by Crippen LogP contribution is 2.22. The van der Waals surface area contributed by atoms with Crippen LogP contribution in [0.3, 0.4) is 0 Å². The first kappa shape index (κ1) is 11.9. The van der Waals surface area contributed by atoms with E-state index >= 15 is 0 Å². The summed E-state index contributed by atoms with van der Waals surface area (Å²) in [6.07, 6.45) is 1.62. The SMILES string of the molecule is CN(C(=O)C1CCOCC1)c1cccc(N)c1. The molecule has 0 radical (unpaired) electrons. The number of carbonyl (C=O) groups excluding carboxylic acids is 1. The maximum atomic E-state index is 12.2. The molecule has 0 aromatic heterocycles. The van der Waals surface area contributed by atoms with Gasteiger partial charge in [0.2, 0.25) is 5.91 Å². The van der Waals surface area contributed by atoms with Crippen LogP contribution in [0.15, 0.2) is 24.3 Å². The van der Waals surface area contributed by atoms with Crippen LogP contribution in [0, 0.1) is 5.92 Å². The quantitative estimate of drug-likeness (QED) is 0.792. The van der Waals surface area contributed by atoms with Crippen molar-refractivity contribution in [1.29, 1.82) is 0 Å². The maximum Gasteiger partial charge on any atom is 0.230 e. The van der Waals surface area contributed by atoms with Crippen molar-refractivity contribution in [3.05, 3.63) is 24.3 Å². The Labute approximate surface area is 101 Å². The number of nitrogens with two attached hydrogens (primary N) is 1. The summed E-state index contributed by atoms with van der Waals surface area (Å²) in [5.41, 5.74) is 7.24. The molecule has 1 aromatic rings. The Bertz CT molecular complexity index is 400. The minimum absolute atomic E-state index is 0.0789. The zero-order valence-electron chi connectivity index (χ0n) is 10.1. The fourth-order valence-corrected chi connectivity index (χ4v) is 2.08. The Morgan fingerprint density at radius 2 is 2.12 bits per heavy atom. The van der Waals surface area contributed by atoms with Crippen LogP contribution in [0.2, 0.25) is 0 Å². The highest BCUT2D eigenvalue weighted by atomic mass is 16.5. The van der Waals surface area contributed by atoms with Gasteiger partial charge in [-0.3, -0.25) is 4.79 Å². The van der Waals surface area contributed by atoms with Gasteiger partial charge in [-0.2, -0.15) is 0 Å². The van der Waals surface area contributed by atoms with Gasteiger partial charge in [0, 0.05) is 37.6 Å². The average Bonchev–Trinajstić information content (AvgIpc) is 2.38. The standard InChI is InChI=1S/C13H18N2O2/c1-15(12-4-2-3-11(14)9-12)13(16)10-5-7-17-8-6-10/h2-4,9-10H,5-8,14H2,1H3. The molecule has 17 heavy (non-hydrogen) atoms. The predicted molar refractivity (Wildman–Crippen MR) is 67.8 cm³/mol. The van der Waals surface area contributed by atoms with E-state index in [4.69, 9.17) is 10.5 Å². The normalized spacial score (nSPS) is 16.8. The molecule has 0 unspecified atom stereocenters. The molecule has 1 amide bonds. The van der Waals surface area contributed by atoms with E-state index in [0.29, 0.717) is 18.9 Å². The molecule has 1 heterocycles. The van der Waals surface area contributed by atoms with Crippen molar-refractivity contribution in [3.8, 4) is 0 Å². The van der Waals surface area contributed by atoms with Gasteiger partial charge in [0.15, 0.2) is 0 Å². The van der Waals surface area contributed by atoms with Crippen LogP contribution in [0.1, 0.15) is 12.8 Å². The minimum atomic E-state index is 0.0789. The summed E-state index contributed by atoms with van der Waals surface area (Å²) >= 11 is 0. The first-order valence-electron chi connectivity index (χ1n) is 5.89. The largest absolute Gasteiger partial charge is 0.399 e. The number of anilines is 2. The van der Waals surface area contributed by atoms with E-state index < -0.39 is 0 Å². The van der Waals surface area contributed by atoms with Gasteiger partial charge in [0.25, 0.3) is 0 Å². The van der Waals surface area contributed by atoms with E-state index in [-0.39, 0.29) is 11.8 Å². The Morgan fingerprint density at radius 1 is 1.41 bits per heavy atom. The van der Waals surface area contributed by atoms with Crippen LogP contribution in [0.4, 0.5) is 11.4 Å². The molecule has 4 nitrogen and oxygen atoms in total. The third-order valence-electron chi connectivity index (χ3n) is 3.16. The molecule has 0 atom stereocenters. The molecule has 1 aliphatic rings. The molecule has 4 heteroatoms. The fourth-order valence-electron chi connectivity index (χ4n) is 2.08. The van der Waals surface area contributed by atoms with Gasteiger partial charge in [-0.25, -0.2) is 0 Å². The van der Waals surface area contributed by atoms with E-state index in [0.717, 1.165) is 18.5 Å². The summed E-state index contributed by atoms with van der Waals surface area (Å²) in [7, 11) is 1.80. The average molecular weight is 234 g/mol. The van der Waals surface area contributed by atoms with Crippen molar-refractivity contribution in [2.75, 3.05) is 30.9 Å². The number of nitrogens with zero attached hydrogens (tertiary/aromatic N) is 1. The number of hydrogen-bond acceptors (Lipinski definition) is 3. The summed E-state index contributed by atoms with van der Waals surface area (Å²) in [4.78, 5) is 13.9. The van der Waals surface area contributed by atoms with Crippen LogP contribution in [-0.4, -0.2) is 26.2 Å².